The van der Waals surface area contributed by atoms with Crippen LogP contribution in [0.1, 0.15) is 71.9 Å². The van der Waals surface area contributed by atoms with Crippen LogP contribution in [0.15, 0.2) is 180 Å². The minimum Gasteiger partial charge on any atom is -0.480 e. The minimum absolute atomic E-state index is 0.158. The third-order valence-electron chi connectivity index (χ3n) is 12.6. The standard InChI is InChI=1S/C56H56N6O6/c63-53(49-31-17-35-61(49)37-39-19-5-1-6-20-39)59-45-29-15-13-27-43(45)51(41-23-9-3-10-24-41)57-47(55(65)66)33-34-48(56(67)68)58-52(42-25-11-4-12-26-42)44-28-14-16-30-46(44)60-54(64)50-32-18-36-62(50)38-40-21-7-2-8-22-40/h1-16,19-30,47-50H,17-18,31-38H2,(H,59,63)(H,60,64)(H,65,66)(H,67,68)/t47?,48?,49-,50-/m0/s1. The molecule has 4 N–H and O–H groups in total. The number of carboxylic acid groups (broad SMARTS) is 2. The number of para-hydroxylation sites is 2. The molecule has 0 saturated carbocycles. The lowest BCUT2D eigenvalue weighted by molar-refractivity contribution is -0.141. The van der Waals surface area contributed by atoms with Gasteiger partial charge in [0.1, 0.15) is 12.1 Å². The Bertz CT molecular complexity index is 2540. The number of hydrogen-bond acceptors (Lipinski definition) is 8. The average molecular weight is 909 g/mol. The molecule has 2 amide bonds. The largest absolute Gasteiger partial charge is 0.480 e. The van der Waals surface area contributed by atoms with Crippen molar-refractivity contribution in [3.63, 3.8) is 0 Å². The number of carbonyl (C=O) groups excluding carboxylic acids is 2. The normalized spacial score (nSPS) is 17.6. The first-order chi connectivity index (χ1) is 33.2. The molecule has 6 aromatic rings. The summed E-state index contributed by atoms with van der Waals surface area (Å²) in [7, 11) is 0. The van der Waals surface area contributed by atoms with E-state index in [-0.39, 0.29) is 36.7 Å². The van der Waals surface area contributed by atoms with Gasteiger partial charge in [0, 0.05) is 35.3 Å². The van der Waals surface area contributed by atoms with Gasteiger partial charge in [-0.05, 0) is 74.9 Å². The molecule has 2 fully saturated rings. The molecule has 4 atom stereocenters. The van der Waals surface area contributed by atoms with Crippen LogP contribution in [-0.4, -0.2) is 92.4 Å². The van der Waals surface area contributed by atoms with E-state index in [0.29, 0.717) is 71.0 Å². The van der Waals surface area contributed by atoms with E-state index in [1.165, 1.54) is 0 Å². The van der Waals surface area contributed by atoms with Crippen LogP contribution in [0, 0.1) is 0 Å². The van der Waals surface area contributed by atoms with E-state index >= 15 is 0 Å². The van der Waals surface area contributed by atoms with Crippen LogP contribution in [0.4, 0.5) is 11.4 Å². The first-order valence-electron chi connectivity index (χ1n) is 23.3. The highest BCUT2D eigenvalue weighted by Gasteiger charge is 2.33. The molecule has 68 heavy (non-hydrogen) atoms. The third kappa shape index (κ3) is 11.9. The third-order valence-corrected chi connectivity index (χ3v) is 12.6. The number of amides is 2. The lowest BCUT2D eigenvalue weighted by Gasteiger charge is -2.24. The van der Waals surface area contributed by atoms with E-state index < -0.39 is 24.0 Å². The molecule has 2 unspecified atom stereocenters. The first kappa shape index (κ1) is 47.0. The molecular formula is C56H56N6O6. The molecule has 2 heterocycles. The number of rotatable bonds is 19. The molecular weight excluding hydrogens is 853 g/mol. The molecule has 0 bridgehead atoms. The molecule has 0 spiro atoms. The Morgan fingerprint density at radius 3 is 1.19 bits per heavy atom. The molecule has 346 valence electrons. The summed E-state index contributed by atoms with van der Waals surface area (Å²) in [5.41, 5.74) is 6.23. The summed E-state index contributed by atoms with van der Waals surface area (Å²) < 4.78 is 0. The van der Waals surface area contributed by atoms with Gasteiger partial charge in [0.25, 0.3) is 0 Å². The van der Waals surface area contributed by atoms with Crippen molar-refractivity contribution in [2.75, 3.05) is 23.7 Å². The molecule has 0 aliphatic carbocycles. The fourth-order valence-electron chi connectivity index (χ4n) is 9.19. The van der Waals surface area contributed by atoms with Gasteiger partial charge in [-0.2, -0.15) is 0 Å². The van der Waals surface area contributed by atoms with E-state index in [0.717, 1.165) is 37.1 Å². The van der Waals surface area contributed by atoms with Gasteiger partial charge in [-0.3, -0.25) is 29.4 Å². The maximum atomic E-state index is 14.0. The Balaban J connectivity index is 1.06. The Labute approximate surface area is 397 Å². The summed E-state index contributed by atoms with van der Waals surface area (Å²) in [5.74, 6) is -2.79. The SMILES string of the molecule is O=C(O)C(CCC(N=C(c1ccccc1)c1ccccc1NC(=O)[C@@H]1CCCN1Cc1ccccc1)C(=O)O)N=C(c1ccccc1)c1ccccc1NC(=O)[C@@H]1CCCN1Cc1ccccc1. The molecule has 8 rings (SSSR count). The molecule has 12 heteroatoms. The fourth-order valence-corrected chi connectivity index (χ4v) is 9.19. The van der Waals surface area contributed by atoms with E-state index in [9.17, 15) is 29.4 Å². The zero-order valence-electron chi connectivity index (χ0n) is 37.9. The smallest absolute Gasteiger partial charge is 0.328 e. The lowest BCUT2D eigenvalue weighted by Crippen LogP contribution is -2.39. The highest BCUT2D eigenvalue weighted by atomic mass is 16.4. The van der Waals surface area contributed by atoms with Gasteiger partial charge in [-0.15, -0.1) is 0 Å². The topological polar surface area (TPSA) is 164 Å². The number of aliphatic imine (C=N–C) groups is 2. The van der Waals surface area contributed by atoms with Crippen LogP contribution < -0.4 is 10.6 Å². The predicted molar refractivity (Wildman–Crippen MR) is 266 cm³/mol. The number of aliphatic carboxylic acids is 2. The van der Waals surface area contributed by atoms with Gasteiger partial charge in [0.05, 0.1) is 34.9 Å². The quantitative estimate of drug-likeness (QED) is 0.0586. The number of likely N-dealkylation sites (tertiary alicyclic amines) is 2. The Kier molecular flexibility index (Phi) is 15.7. The van der Waals surface area contributed by atoms with Crippen molar-refractivity contribution in [3.8, 4) is 0 Å². The summed E-state index contributed by atoms with van der Waals surface area (Å²) in [4.78, 5) is 68.4. The Morgan fingerprint density at radius 2 is 0.824 bits per heavy atom. The zero-order chi connectivity index (χ0) is 47.2. The van der Waals surface area contributed by atoms with Crippen LogP contribution in [-0.2, 0) is 32.3 Å². The lowest BCUT2D eigenvalue weighted by atomic mass is 9.98. The molecule has 2 saturated heterocycles. The van der Waals surface area contributed by atoms with Gasteiger partial charge in [0.2, 0.25) is 11.8 Å². The van der Waals surface area contributed by atoms with Crippen LogP contribution in [0.2, 0.25) is 0 Å². The Morgan fingerprint density at radius 1 is 0.485 bits per heavy atom. The van der Waals surface area contributed by atoms with Crippen LogP contribution in [0.3, 0.4) is 0 Å². The summed E-state index contributed by atoms with van der Waals surface area (Å²) in [6.45, 7) is 2.86. The summed E-state index contributed by atoms with van der Waals surface area (Å²) >= 11 is 0. The van der Waals surface area contributed by atoms with Crippen molar-refractivity contribution in [1.29, 1.82) is 0 Å². The van der Waals surface area contributed by atoms with E-state index in [1.54, 1.807) is 24.3 Å². The predicted octanol–water partition coefficient (Wildman–Crippen LogP) is 8.95. The number of nitrogens with zero attached hydrogens (tertiary/aromatic N) is 4. The molecule has 0 aromatic heterocycles. The second-order valence-corrected chi connectivity index (χ2v) is 17.3. The average Bonchev–Trinajstić information content (AvgIpc) is 4.04. The maximum absolute atomic E-state index is 14.0. The Hall–Kier alpha value is -7.54. The second kappa shape index (κ2) is 22.8. The zero-order valence-corrected chi connectivity index (χ0v) is 37.9. The summed E-state index contributed by atoms with van der Waals surface area (Å²) in [6, 6.07) is 49.4. The monoisotopic (exact) mass is 908 g/mol. The highest BCUT2D eigenvalue weighted by molar-refractivity contribution is 6.19. The summed E-state index contributed by atoms with van der Waals surface area (Å²) in [5, 5.41) is 27.7. The highest BCUT2D eigenvalue weighted by Crippen LogP contribution is 2.28. The van der Waals surface area contributed by atoms with Gasteiger partial charge in [-0.1, -0.05) is 158 Å². The molecule has 2 aliphatic rings. The molecule has 12 nitrogen and oxygen atoms in total. The van der Waals surface area contributed by atoms with E-state index in [1.807, 2.05) is 121 Å². The number of carboxylic acids is 2. The van der Waals surface area contributed by atoms with Gasteiger partial charge >= 0.3 is 11.9 Å². The number of anilines is 2. The second-order valence-electron chi connectivity index (χ2n) is 17.3. The van der Waals surface area contributed by atoms with Crippen LogP contribution in [0.25, 0.3) is 0 Å². The number of carbonyl (C=O) groups is 4. The van der Waals surface area contributed by atoms with E-state index in [4.69, 9.17) is 9.98 Å². The van der Waals surface area contributed by atoms with E-state index in [2.05, 4.69) is 44.7 Å². The molecule has 0 radical (unpaired) electrons. The first-order valence-corrected chi connectivity index (χ1v) is 23.3. The van der Waals surface area contributed by atoms with Crippen LogP contribution >= 0.6 is 0 Å². The number of nitrogens with one attached hydrogen (secondary N) is 2. The van der Waals surface area contributed by atoms with Crippen molar-refractivity contribution in [2.24, 2.45) is 9.98 Å². The van der Waals surface area contributed by atoms with Crippen molar-refractivity contribution < 1.29 is 29.4 Å². The van der Waals surface area contributed by atoms with Crippen molar-refractivity contribution in [3.05, 3.63) is 203 Å². The number of benzene rings is 6. The minimum atomic E-state index is -1.38. The van der Waals surface area contributed by atoms with Gasteiger partial charge in [-0.25, -0.2) is 9.59 Å². The number of hydrogen-bond donors (Lipinski definition) is 4. The van der Waals surface area contributed by atoms with Crippen molar-refractivity contribution in [2.45, 2.75) is 75.8 Å². The van der Waals surface area contributed by atoms with Gasteiger partial charge in [0.15, 0.2) is 0 Å². The van der Waals surface area contributed by atoms with Gasteiger partial charge < -0.3 is 20.8 Å². The molecule has 2 aliphatic heterocycles. The van der Waals surface area contributed by atoms with Crippen molar-refractivity contribution >= 4 is 46.6 Å². The fraction of sp³-hybridized carbons (Fsp3) is 0.250. The molecule has 6 aromatic carbocycles. The van der Waals surface area contributed by atoms with Crippen LogP contribution in [0.5, 0.6) is 0 Å². The summed E-state index contributed by atoms with van der Waals surface area (Å²) in [6.07, 6.45) is 2.84. The van der Waals surface area contributed by atoms with Crippen molar-refractivity contribution in [1.82, 2.24) is 9.80 Å². The maximum Gasteiger partial charge on any atom is 0.328 e.